The Morgan fingerprint density at radius 2 is 2.04 bits per heavy atom. The molecule has 134 valence electrons. The molecule has 0 unspecified atom stereocenters. The van der Waals surface area contributed by atoms with Gasteiger partial charge in [0.15, 0.2) is 0 Å². The van der Waals surface area contributed by atoms with Crippen LogP contribution in [0.3, 0.4) is 0 Å². The monoisotopic (exact) mass is 372 g/mol. The van der Waals surface area contributed by atoms with Gasteiger partial charge in [-0.25, -0.2) is 14.4 Å². The fourth-order valence-electron chi connectivity index (χ4n) is 2.57. The summed E-state index contributed by atoms with van der Waals surface area (Å²) < 4.78 is 13.6. The standard InChI is InChI=1S/C19H18ClFN4O/c1-3-14-9-18(26)24-19(23-14)13-5-7-17(22-10-13)25(2)11-12-4-6-15(20)16(21)8-12/h4-10H,3,11H2,1-2H3,(H,23,24,26). The third kappa shape index (κ3) is 4.08. The Balaban J connectivity index is 1.79. The van der Waals surface area contributed by atoms with E-state index in [1.165, 1.54) is 12.1 Å². The lowest BCUT2D eigenvalue weighted by Crippen LogP contribution is -2.17. The fraction of sp³-hybridized carbons (Fsp3) is 0.211. The number of nitrogens with one attached hydrogen (secondary N) is 1. The lowest BCUT2D eigenvalue weighted by atomic mass is 10.2. The molecular formula is C19H18ClFN4O. The molecule has 1 N–H and O–H groups in total. The van der Waals surface area contributed by atoms with Crippen molar-refractivity contribution in [3.63, 3.8) is 0 Å². The number of nitrogens with zero attached hydrogens (tertiary/aromatic N) is 3. The van der Waals surface area contributed by atoms with E-state index in [1.807, 2.05) is 31.0 Å². The minimum atomic E-state index is -0.438. The summed E-state index contributed by atoms with van der Waals surface area (Å²) in [6, 6.07) is 9.90. The van der Waals surface area contributed by atoms with Gasteiger partial charge in [0.1, 0.15) is 17.5 Å². The van der Waals surface area contributed by atoms with E-state index < -0.39 is 5.82 Å². The normalized spacial score (nSPS) is 10.8. The van der Waals surface area contributed by atoms with Gasteiger partial charge in [-0.15, -0.1) is 0 Å². The van der Waals surface area contributed by atoms with Gasteiger partial charge < -0.3 is 9.88 Å². The van der Waals surface area contributed by atoms with Gasteiger partial charge in [-0.3, -0.25) is 4.79 Å². The van der Waals surface area contributed by atoms with Crippen LogP contribution < -0.4 is 10.5 Å². The minimum absolute atomic E-state index is 0.106. The molecule has 1 aromatic carbocycles. The summed E-state index contributed by atoms with van der Waals surface area (Å²) in [4.78, 5) is 25.2. The van der Waals surface area contributed by atoms with Crippen LogP contribution in [0.5, 0.6) is 0 Å². The zero-order chi connectivity index (χ0) is 18.7. The number of hydrogen-bond acceptors (Lipinski definition) is 4. The molecule has 0 spiro atoms. The second kappa shape index (κ2) is 7.66. The Bertz CT molecular complexity index is 972. The first-order chi connectivity index (χ1) is 12.5. The SMILES string of the molecule is CCc1cc(=O)[nH]c(-c2ccc(N(C)Cc3ccc(Cl)c(F)c3)nc2)n1. The number of aromatic nitrogens is 3. The van der Waals surface area contributed by atoms with Crippen molar-refractivity contribution in [3.05, 3.63) is 75.0 Å². The van der Waals surface area contributed by atoms with Crippen LogP contribution in [0, 0.1) is 5.82 Å². The van der Waals surface area contributed by atoms with Crippen LogP contribution in [0.1, 0.15) is 18.2 Å². The third-order valence-corrected chi connectivity index (χ3v) is 4.28. The van der Waals surface area contributed by atoms with Crippen LogP contribution in [-0.2, 0) is 13.0 Å². The van der Waals surface area contributed by atoms with Crippen molar-refractivity contribution >= 4 is 17.4 Å². The van der Waals surface area contributed by atoms with E-state index in [-0.39, 0.29) is 10.6 Å². The molecule has 0 amide bonds. The number of rotatable bonds is 5. The Hall–Kier alpha value is -2.73. The molecule has 0 atom stereocenters. The van der Waals surface area contributed by atoms with Crippen LogP contribution in [0.4, 0.5) is 10.2 Å². The quantitative estimate of drug-likeness (QED) is 0.739. The highest BCUT2D eigenvalue weighted by Crippen LogP contribution is 2.20. The first-order valence-corrected chi connectivity index (χ1v) is 8.56. The lowest BCUT2D eigenvalue weighted by Gasteiger charge is -2.18. The molecule has 5 nitrogen and oxygen atoms in total. The minimum Gasteiger partial charge on any atom is -0.355 e. The lowest BCUT2D eigenvalue weighted by molar-refractivity contribution is 0.625. The van der Waals surface area contributed by atoms with Gasteiger partial charge in [0.05, 0.1) is 5.02 Å². The number of halogens is 2. The number of anilines is 1. The summed E-state index contributed by atoms with van der Waals surface area (Å²) in [6.07, 6.45) is 2.34. The number of aryl methyl sites for hydroxylation is 1. The van der Waals surface area contributed by atoms with E-state index in [0.717, 1.165) is 22.6 Å². The molecule has 26 heavy (non-hydrogen) atoms. The van der Waals surface area contributed by atoms with Gasteiger partial charge in [0.2, 0.25) is 0 Å². The highest BCUT2D eigenvalue weighted by Gasteiger charge is 2.08. The summed E-state index contributed by atoms with van der Waals surface area (Å²) in [6.45, 7) is 2.43. The van der Waals surface area contributed by atoms with E-state index >= 15 is 0 Å². The van der Waals surface area contributed by atoms with E-state index in [9.17, 15) is 9.18 Å². The average Bonchev–Trinajstić information content (AvgIpc) is 2.64. The summed E-state index contributed by atoms with van der Waals surface area (Å²) in [5.74, 6) is 0.778. The zero-order valence-electron chi connectivity index (χ0n) is 14.5. The molecule has 0 aliphatic heterocycles. The topological polar surface area (TPSA) is 61.9 Å². The Morgan fingerprint density at radius 1 is 1.23 bits per heavy atom. The van der Waals surface area contributed by atoms with E-state index in [4.69, 9.17) is 11.6 Å². The number of pyridine rings is 1. The van der Waals surface area contributed by atoms with Gasteiger partial charge in [0, 0.05) is 37.1 Å². The average molecular weight is 373 g/mol. The molecule has 2 heterocycles. The van der Waals surface area contributed by atoms with Gasteiger partial charge in [-0.1, -0.05) is 24.6 Å². The van der Waals surface area contributed by atoms with E-state index in [1.54, 1.807) is 18.3 Å². The van der Waals surface area contributed by atoms with E-state index in [0.29, 0.717) is 18.8 Å². The summed E-state index contributed by atoms with van der Waals surface area (Å²) >= 11 is 5.71. The molecule has 7 heteroatoms. The first kappa shape index (κ1) is 18.1. The molecule has 0 radical (unpaired) electrons. The highest BCUT2D eigenvalue weighted by molar-refractivity contribution is 6.30. The predicted molar refractivity (Wildman–Crippen MR) is 101 cm³/mol. The number of benzene rings is 1. The van der Waals surface area contributed by atoms with Crippen LogP contribution in [0.15, 0.2) is 47.4 Å². The molecule has 0 saturated heterocycles. The van der Waals surface area contributed by atoms with Crippen molar-refractivity contribution in [1.29, 1.82) is 0 Å². The van der Waals surface area contributed by atoms with Crippen LogP contribution >= 0.6 is 11.6 Å². The Morgan fingerprint density at radius 3 is 2.69 bits per heavy atom. The molecule has 0 fully saturated rings. The van der Waals surface area contributed by atoms with Crippen molar-refractivity contribution in [2.45, 2.75) is 19.9 Å². The second-order valence-electron chi connectivity index (χ2n) is 5.95. The van der Waals surface area contributed by atoms with E-state index in [2.05, 4.69) is 15.0 Å². The predicted octanol–water partition coefficient (Wildman–Crippen LogP) is 3.82. The molecule has 3 rings (SSSR count). The summed E-state index contributed by atoms with van der Waals surface area (Å²) in [7, 11) is 1.87. The van der Waals surface area contributed by atoms with Gasteiger partial charge in [0.25, 0.3) is 5.56 Å². The number of aromatic amines is 1. The van der Waals surface area contributed by atoms with Gasteiger partial charge in [-0.2, -0.15) is 0 Å². The molecule has 0 bridgehead atoms. The highest BCUT2D eigenvalue weighted by atomic mass is 35.5. The van der Waals surface area contributed by atoms with Crippen LogP contribution in [-0.4, -0.2) is 22.0 Å². The first-order valence-electron chi connectivity index (χ1n) is 8.18. The number of H-pyrrole nitrogens is 1. The summed E-state index contributed by atoms with van der Waals surface area (Å²) in [5, 5.41) is 0.106. The smallest absolute Gasteiger partial charge is 0.251 e. The van der Waals surface area contributed by atoms with Crippen LogP contribution in [0.2, 0.25) is 5.02 Å². The summed E-state index contributed by atoms with van der Waals surface area (Å²) in [5.41, 5.74) is 2.07. The Kier molecular flexibility index (Phi) is 5.32. The van der Waals surface area contributed by atoms with Gasteiger partial charge in [-0.05, 0) is 36.2 Å². The maximum absolute atomic E-state index is 13.6. The molecule has 0 saturated carbocycles. The Labute approximate surface area is 155 Å². The van der Waals surface area contributed by atoms with Crippen molar-refractivity contribution < 1.29 is 4.39 Å². The van der Waals surface area contributed by atoms with Crippen molar-refractivity contribution in [1.82, 2.24) is 15.0 Å². The zero-order valence-corrected chi connectivity index (χ0v) is 15.2. The fourth-order valence-corrected chi connectivity index (χ4v) is 2.69. The van der Waals surface area contributed by atoms with Gasteiger partial charge >= 0.3 is 0 Å². The molecule has 3 aromatic rings. The molecular weight excluding hydrogens is 355 g/mol. The molecule has 0 aliphatic carbocycles. The van der Waals surface area contributed by atoms with Crippen molar-refractivity contribution in [2.24, 2.45) is 0 Å². The maximum atomic E-state index is 13.6. The largest absolute Gasteiger partial charge is 0.355 e. The van der Waals surface area contributed by atoms with Crippen molar-refractivity contribution in [3.8, 4) is 11.4 Å². The van der Waals surface area contributed by atoms with Crippen molar-refractivity contribution in [2.75, 3.05) is 11.9 Å². The van der Waals surface area contributed by atoms with Crippen LogP contribution in [0.25, 0.3) is 11.4 Å². The maximum Gasteiger partial charge on any atom is 0.251 e. The molecule has 2 aromatic heterocycles. The molecule has 0 aliphatic rings. The second-order valence-corrected chi connectivity index (χ2v) is 6.36. The third-order valence-electron chi connectivity index (χ3n) is 3.97. The number of hydrogen-bond donors (Lipinski definition) is 1.